The van der Waals surface area contributed by atoms with Gasteiger partial charge in [0.05, 0.1) is 18.9 Å². The predicted molar refractivity (Wildman–Crippen MR) is 70.5 cm³/mol. The number of carbonyl (C=O) groups is 1. The van der Waals surface area contributed by atoms with Crippen molar-refractivity contribution in [2.24, 2.45) is 5.92 Å². The smallest absolute Gasteiger partial charge is 0.407 e. The molecule has 106 valence electrons. The number of ether oxygens (including phenoxy) is 1. The number of amides is 1. The molecule has 2 unspecified atom stereocenters. The van der Waals surface area contributed by atoms with Gasteiger partial charge in [-0.15, -0.1) is 0 Å². The third kappa shape index (κ3) is 4.54. The minimum absolute atomic E-state index is 0.204. The van der Waals surface area contributed by atoms with Crippen molar-refractivity contribution < 1.29 is 9.53 Å². The van der Waals surface area contributed by atoms with E-state index in [0.717, 1.165) is 25.8 Å². The number of carbonyl (C=O) groups excluding carboxylic acids is 1. The number of aromatic nitrogens is 3. The maximum atomic E-state index is 11.7. The highest BCUT2D eigenvalue weighted by Gasteiger charge is 2.28. The van der Waals surface area contributed by atoms with Crippen molar-refractivity contribution in [1.29, 1.82) is 0 Å². The van der Waals surface area contributed by atoms with Gasteiger partial charge in [-0.3, -0.25) is 0 Å². The summed E-state index contributed by atoms with van der Waals surface area (Å²) in [5, 5.41) is 11.1. The molecule has 0 aliphatic heterocycles. The molecular weight excluding hydrogens is 244 g/mol. The van der Waals surface area contributed by atoms with Crippen LogP contribution in [0.1, 0.15) is 40.0 Å². The highest BCUT2D eigenvalue weighted by Crippen LogP contribution is 2.26. The van der Waals surface area contributed by atoms with Gasteiger partial charge in [-0.05, 0) is 46.0 Å². The lowest BCUT2D eigenvalue weighted by atomic mass is 10.1. The molecule has 19 heavy (non-hydrogen) atoms. The highest BCUT2D eigenvalue weighted by molar-refractivity contribution is 5.68. The van der Waals surface area contributed by atoms with Gasteiger partial charge in [-0.25, -0.2) is 4.79 Å². The zero-order valence-electron chi connectivity index (χ0n) is 11.8. The Morgan fingerprint density at radius 1 is 1.37 bits per heavy atom. The van der Waals surface area contributed by atoms with E-state index in [1.165, 1.54) is 0 Å². The van der Waals surface area contributed by atoms with Crippen LogP contribution in [0.5, 0.6) is 0 Å². The van der Waals surface area contributed by atoms with Crippen LogP contribution in [0.4, 0.5) is 4.79 Å². The molecule has 6 nitrogen and oxygen atoms in total. The quantitative estimate of drug-likeness (QED) is 0.908. The molecule has 2 atom stereocenters. The van der Waals surface area contributed by atoms with E-state index in [4.69, 9.17) is 4.74 Å². The van der Waals surface area contributed by atoms with Gasteiger partial charge in [-0.1, -0.05) is 0 Å². The molecular formula is C13H22N4O2. The Morgan fingerprint density at radius 2 is 2.05 bits per heavy atom. The third-order valence-electron chi connectivity index (χ3n) is 3.15. The first kappa shape index (κ1) is 13.8. The van der Waals surface area contributed by atoms with Gasteiger partial charge in [-0.2, -0.15) is 15.0 Å². The summed E-state index contributed by atoms with van der Waals surface area (Å²) in [4.78, 5) is 13.4. The molecule has 1 aliphatic carbocycles. The second kappa shape index (κ2) is 5.59. The van der Waals surface area contributed by atoms with Crippen molar-refractivity contribution in [2.75, 3.05) is 0 Å². The second-order valence-electron chi connectivity index (χ2n) is 6.11. The number of nitrogens with zero attached hydrogens (tertiary/aromatic N) is 3. The third-order valence-corrected chi connectivity index (χ3v) is 3.15. The van der Waals surface area contributed by atoms with Gasteiger partial charge in [0.2, 0.25) is 0 Å². The Hall–Kier alpha value is -1.59. The monoisotopic (exact) mass is 266 g/mol. The van der Waals surface area contributed by atoms with Crippen molar-refractivity contribution in [3.8, 4) is 0 Å². The Labute approximate surface area is 113 Å². The lowest BCUT2D eigenvalue weighted by Crippen LogP contribution is -2.38. The second-order valence-corrected chi connectivity index (χ2v) is 6.11. The molecule has 1 N–H and O–H groups in total. The lowest BCUT2D eigenvalue weighted by Gasteiger charge is -2.21. The van der Waals surface area contributed by atoms with Crippen LogP contribution in [0.15, 0.2) is 12.4 Å². The van der Waals surface area contributed by atoms with E-state index < -0.39 is 5.60 Å². The molecule has 1 aliphatic rings. The summed E-state index contributed by atoms with van der Waals surface area (Å²) in [6.45, 7) is 6.42. The van der Waals surface area contributed by atoms with Crippen LogP contribution < -0.4 is 5.32 Å². The predicted octanol–water partition coefficient (Wildman–Crippen LogP) is 1.97. The fourth-order valence-corrected chi connectivity index (χ4v) is 2.41. The van der Waals surface area contributed by atoms with Gasteiger partial charge in [0.1, 0.15) is 5.60 Å². The molecule has 0 radical (unpaired) electrons. The minimum Gasteiger partial charge on any atom is -0.444 e. The van der Waals surface area contributed by atoms with Gasteiger partial charge in [0.15, 0.2) is 0 Å². The molecule has 0 aromatic carbocycles. The first-order valence-electron chi connectivity index (χ1n) is 6.76. The summed E-state index contributed by atoms with van der Waals surface area (Å²) < 4.78 is 5.26. The first-order chi connectivity index (χ1) is 8.92. The standard InChI is InChI=1S/C13H22N4O2/c1-13(2,3)19-12(18)16-11-5-4-10(8-11)9-17-14-6-7-15-17/h6-7,10-11H,4-5,8-9H2,1-3H3,(H,16,18). The minimum atomic E-state index is -0.443. The van der Waals surface area contributed by atoms with Gasteiger partial charge in [0.25, 0.3) is 0 Å². The molecule has 1 heterocycles. The van der Waals surface area contributed by atoms with Crippen LogP contribution in [-0.2, 0) is 11.3 Å². The molecule has 1 aromatic rings. The van der Waals surface area contributed by atoms with Gasteiger partial charge >= 0.3 is 6.09 Å². The molecule has 1 saturated carbocycles. The van der Waals surface area contributed by atoms with Crippen molar-refractivity contribution in [3.63, 3.8) is 0 Å². The maximum Gasteiger partial charge on any atom is 0.407 e. The summed E-state index contributed by atoms with van der Waals surface area (Å²) in [5.74, 6) is 0.521. The normalized spacial score (nSPS) is 23.3. The Morgan fingerprint density at radius 3 is 2.68 bits per heavy atom. The molecule has 0 saturated heterocycles. The summed E-state index contributed by atoms with van der Waals surface area (Å²) in [7, 11) is 0. The molecule has 1 aromatic heterocycles. The van der Waals surface area contributed by atoms with E-state index in [1.807, 2.05) is 20.8 Å². The number of rotatable bonds is 3. The molecule has 0 spiro atoms. The number of nitrogens with one attached hydrogen (secondary N) is 1. The van der Waals surface area contributed by atoms with Gasteiger partial charge in [0, 0.05) is 6.04 Å². The van der Waals surface area contributed by atoms with Crippen molar-refractivity contribution in [3.05, 3.63) is 12.4 Å². The Balaban J connectivity index is 1.74. The molecule has 1 fully saturated rings. The van der Waals surface area contributed by atoms with Crippen LogP contribution >= 0.6 is 0 Å². The van der Waals surface area contributed by atoms with Crippen molar-refractivity contribution in [2.45, 2.75) is 58.2 Å². The van der Waals surface area contributed by atoms with Crippen LogP contribution in [0.25, 0.3) is 0 Å². The Bertz CT molecular complexity index is 411. The molecule has 1 amide bonds. The number of alkyl carbamates (subject to hydrolysis) is 1. The van der Waals surface area contributed by atoms with Crippen molar-refractivity contribution >= 4 is 6.09 Å². The van der Waals surface area contributed by atoms with E-state index in [1.54, 1.807) is 17.2 Å². The van der Waals surface area contributed by atoms with E-state index >= 15 is 0 Å². The molecule has 6 heteroatoms. The lowest BCUT2D eigenvalue weighted by molar-refractivity contribution is 0.0504. The summed E-state index contributed by atoms with van der Waals surface area (Å²) >= 11 is 0. The molecule has 0 bridgehead atoms. The number of hydrogen-bond acceptors (Lipinski definition) is 4. The molecule has 2 rings (SSSR count). The van der Waals surface area contributed by atoms with E-state index in [2.05, 4.69) is 15.5 Å². The van der Waals surface area contributed by atoms with Crippen LogP contribution in [0.2, 0.25) is 0 Å². The average molecular weight is 266 g/mol. The fourth-order valence-electron chi connectivity index (χ4n) is 2.41. The summed E-state index contributed by atoms with van der Waals surface area (Å²) in [5.41, 5.74) is -0.443. The first-order valence-corrected chi connectivity index (χ1v) is 6.76. The van der Waals surface area contributed by atoms with Crippen molar-refractivity contribution in [1.82, 2.24) is 20.3 Å². The van der Waals surface area contributed by atoms with Crippen LogP contribution in [0, 0.1) is 5.92 Å². The SMILES string of the molecule is CC(C)(C)OC(=O)NC1CCC(Cn2nccn2)C1. The Kier molecular flexibility index (Phi) is 4.07. The average Bonchev–Trinajstić information content (AvgIpc) is 2.88. The summed E-state index contributed by atoms with van der Waals surface area (Å²) in [6.07, 6.45) is 6.08. The zero-order chi connectivity index (χ0) is 13.9. The highest BCUT2D eigenvalue weighted by atomic mass is 16.6. The maximum absolute atomic E-state index is 11.7. The van der Waals surface area contributed by atoms with E-state index in [-0.39, 0.29) is 12.1 Å². The topological polar surface area (TPSA) is 69.0 Å². The number of hydrogen-bond donors (Lipinski definition) is 1. The zero-order valence-corrected chi connectivity index (χ0v) is 11.8. The largest absolute Gasteiger partial charge is 0.444 e. The van der Waals surface area contributed by atoms with E-state index in [0.29, 0.717) is 5.92 Å². The summed E-state index contributed by atoms with van der Waals surface area (Å²) in [6, 6.07) is 0.204. The van der Waals surface area contributed by atoms with Gasteiger partial charge < -0.3 is 10.1 Å². The van der Waals surface area contributed by atoms with Crippen LogP contribution in [-0.4, -0.2) is 32.7 Å². The fraction of sp³-hybridized carbons (Fsp3) is 0.769. The van der Waals surface area contributed by atoms with Crippen LogP contribution in [0.3, 0.4) is 0 Å². The van der Waals surface area contributed by atoms with E-state index in [9.17, 15) is 4.79 Å².